The molecule has 0 radical (unpaired) electrons. The molecule has 1 aliphatic carbocycles. The quantitative estimate of drug-likeness (QED) is 0.448. The second kappa shape index (κ2) is 8.50. The Morgan fingerprint density at radius 1 is 1.19 bits per heavy atom. The van der Waals surface area contributed by atoms with E-state index in [1.807, 2.05) is 22.7 Å². The van der Waals surface area contributed by atoms with Gasteiger partial charge in [-0.3, -0.25) is 4.40 Å². The molecule has 9 heteroatoms. The molecular weight excluding hydrogens is 459 g/mol. The third-order valence-corrected chi connectivity index (χ3v) is 7.51. The minimum absolute atomic E-state index is 0.0249. The second-order valence-electron chi connectivity index (χ2n) is 9.49. The number of nitriles is 1. The summed E-state index contributed by atoms with van der Waals surface area (Å²) >= 11 is 0. The molecule has 3 N–H and O–H groups in total. The number of hydrogen-bond acceptors (Lipinski definition) is 7. The number of methoxy groups -OCH3 is 1. The maximum atomic E-state index is 14.8. The van der Waals surface area contributed by atoms with Crippen LogP contribution in [0, 0.1) is 23.1 Å². The molecule has 182 valence electrons. The van der Waals surface area contributed by atoms with Crippen molar-refractivity contribution in [3.8, 4) is 40.0 Å². The zero-order valence-electron chi connectivity index (χ0n) is 19.7. The summed E-state index contributed by atoms with van der Waals surface area (Å²) in [6.45, 7) is 0.802. The summed E-state index contributed by atoms with van der Waals surface area (Å²) in [7, 11) is 1.49. The number of imidazole rings is 1. The summed E-state index contributed by atoms with van der Waals surface area (Å²) in [5, 5.41) is 19.7. The van der Waals surface area contributed by atoms with Crippen molar-refractivity contribution in [2.45, 2.75) is 31.3 Å². The molecule has 4 aromatic rings. The smallest absolute Gasteiger partial charge is 0.212 e. The molecule has 3 aliphatic rings. The third kappa shape index (κ3) is 3.45. The van der Waals surface area contributed by atoms with Gasteiger partial charge in [0.1, 0.15) is 17.5 Å². The maximum Gasteiger partial charge on any atom is 0.212 e. The molecule has 36 heavy (non-hydrogen) atoms. The number of anilines is 1. The lowest BCUT2D eigenvalue weighted by molar-refractivity contribution is 0.214. The van der Waals surface area contributed by atoms with Crippen molar-refractivity contribution in [2.24, 2.45) is 11.7 Å². The van der Waals surface area contributed by atoms with Gasteiger partial charge in [0.15, 0.2) is 11.5 Å². The van der Waals surface area contributed by atoms with E-state index in [2.05, 4.69) is 9.88 Å². The number of nitrogens with two attached hydrogens (primary N) is 1. The molecule has 2 aliphatic heterocycles. The van der Waals surface area contributed by atoms with Crippen molar-refractivity contribution in [2.75, 3.05) is 18.6 Å². The average Bonchev–Trinajstić information content (AvgIpc) is 3.38. The Hall–Kier alpha value is -4.16. The molecule has 0 spiro atoms. The highest BCUT2D eigenvalue weighted by molar-refractivity contribution is 5.91. The molecule has 3 fully saturated rings. The summed E-state index contributed by atoms with van der Waals surface area (Å²) < 4.78 is 21.9. The molecular formula is C27H25FN6O2. The van der Waals surface area contributed by atoms with Gasteiger partial charge < -0.3 is 20.5 Å². The lowest BCUT2D eigenvalue weighted by atomic mass is 9.77. The highest BCUT2D eigenvalue weighted by Crippen LogP contribution is 2.42. The fourth-order valence-electron chi connectivity index (χ4n) is 5.64. The Morgan fingerprint density at radius 2 is 2.03 bits per heavy atom. The summed E-state index contributed by atoms with van der Waals surface area (Å²) in [6, 6.07) is 11.9. The zero-order valence-corrected chi connectivity index (χ0v) is 19.7. The highest BCUT2D eigenvalue weighted by atomic mass is 19.1. The Balaban J connectivity index is 1.61. The second-order valence-corrected chi connectivity index (χ2v) is 9.49. The number of phenols is 1. The van der Waals surface area contributed by atoms with Crippen molar-refractivity contribution in [1.82, 2.24) is 14.4 Å². The number of nitrogens with zero attached hydrogens (tertiary/aromatic N) is 5. The zero-order chi connectivity index (χ0) is 25.0. The summed E-state index contributed by atoms with van der Waals surface area (Å²) in [6.07, 6.45) is 6.63. The number of piperidine rings is 2. The van der Waals surface area contributed by atoms with Crippen LogP contribution in [0.3, 0.4) is 0 Å². The maximum absolute atomic E-state index is 14.8. The topological polar surface area (TPSA) is 113 Å². The lowest BCUT2D eigenvalue weighted by Crippen LogP contribution is -2.57. The van der Waals surface area contributed by atoms with E-state index >= 15 is 0 Å². The lowest BCUT2D eigenvalue weighted by Gasteiger charge is -2.49. The third-order valence-electron chi connectivity index (χ3n) is 7.51. The monoisotopic (exact) mass is 484 g/mol. The minimum Gasteiger partial charge on any atom is -0.504 e. The van der Waals surface area contributed by atoms with Crippen molar-refractivity contribution in [3.05, 3.63) is 60.2 Å². The standard InChI is InChI=1S/C27H25FN6O2/c1-36-23-7-5-15(11-22(23)35)24-25(16-2-3-17(13-29)20(28)10-16)32-27(33-9-8-31-26(24)33)34-14-18-4-6-19(34)12-21(18)30/h2-3,5,7-11,18-19,21,35H,4,6,12,14,30H2,1H3. The first-order valence-corrected chi connectivity index (χ1v) is 11.9. The molecule has 3 atom stereocenters. The number of rotatable bonds is 4. The summed E-state index contributed by atoms with van der Waals surface area (Å²) in [5.41, 5.74) is 9.32. The van der Waals surface area contributed by atoms with E-state index in [1.165, 1.54) is 19.2 Å². The van der Waals surface area contributed by atoms with Gasteiger partial charge in [-0.25, -0.2) is 14.4 Å². The fraction of sp³-hybridized carbons (Fsp3) is 0.296. The van der Waals surface area contributed by atoms with Gasteiger partial charge in [0.25, 0.3) is 0 Å². The molecule has 2 bridgehead atoms. The van der Waals surface area contributed by atoms with Gasteiger partial charge in [-0.1, -0.05) is 12.1 Å². The SMILES string of the molecule is COc1ccc(-c2c(-c3ccc(C#N)c(F)c3)nc(N3CC4CCC3CC4N)n3ccnc23)cc1O. The van der Waals surface area contributed by atoms with Gasteiger partial charge >= 0.3 is 0 Å². The van der Waals surface area contributed by atoms with Gasteiger partial charge in [0.2, 0.25) is 5.95 Å². The van der Waals surface area contributed by atoms with Crippen LogP contribution in [-0.4, -0.2) is 45.2 Å². The van der Waals surface area contributed by atoms with Crippen LogP contribution in [0.5, 0.6) is 11.5 Å². The normalized spacial score (nSPS) is 21.1. The largest absolute Gasteiger partial charge is 0.504 e. The van der Waals surface area contributed by atoms with Crippen molar-refractivity contribution >= 4 is 11.6 Å². The van der Waals surface area contributed by atoms with Crippen molar-refractivity contribution in [3.63, 3.8) is 0 Å². The fourth-order valence-corrected chi connectivity index (χ4v) is 5.64. The number of hydrogen-bond donors (Lipinski definition) is 2. The Morgan fingerprint density at radius 3 is 2.69 bits per heavy atom. The van der Waals surface area contributed by atoms with E-state index in [0.29, 0.717) is 39.7 Å². The molecule has 2 aromatic carbocycles. The Bertz CT molecular complexity index is 1530. The van der Waals surface area contributed by atoms with Gasteiger partial charge in [-0.15, -0.1) is 0 Å². The molecule has 7 rings (SSSR count). The molecule has 4 heterocycles. The highest BCUT2D eigenvalue weighted by Gasteiger charge is 2.40. The Labute approximate surface area is 207 Å². The van der Waals surface area contributed by atoms with Crippen LogP contribution in [0.15, 0.2) is 48.8 Å². The molecule has 3 unspecified atom stereocenters. The predicted octanol–water partition coefficient (Wildman–Crippen LogP) is 4.10. The minimum atomic E-state index is -0.618. The van der Waals surface area contributed by atoms with E-state index in [9.17, 15) is 14.8 Å². The number of aromatic nitrogens is 3. The van der Waals surface area contributed by atoms with Crippen LogP contribution in [0.1, 0.15) is 24.8 Å². The predicted molar refractivity (Wildman–Crippen MR) is 133 cm³/mol. The molecule has 8 nitrogen and oxygen atoms in total. The summed E-state index contributed by atoms with van der Waals surface area (Å²) in [5.74, 6) is 0.820. The Kier molecular flexibility index (Phi) is 5.27. The first-order chi connectivity index (χ1) is 17.5. The number of ether oxygens (including phenoxy) is 1. The van der Waals surface area contributed by atoms with Gasteiger partial charge in [0, 0.05) is 36.6 Å². The van der Waals surface area contributed by atoms with Crippen LogP contribution in [0.4, 0.5) is 10.3 Å². The van der Waals surface area contributed by atoms with Crippen molar-refractivity contribution < 1.29 is 14.2 Å². The van der Waals surface area contributed by atoms with E-state index < -0.39 is 5.82 Å². The number of phenolic OH excluding ortho intramolecular Hbond substituents is 1. The average molecular weight is 485 g/mol. The van der Waals surface area contributed by atoms with Gasteiger partial charge in [0.05, 0.1) is 23.9 Å². The van der Waals surface area contributed by atoms with Crippen LogP contribution in [-0.2, 0) is 0 Å². The molecule has 2 saturated heterocycles. The van der Waals surface area contributed by atoms with E-state index in [-0.39, 0.29) is 23.4 Å². The number of aromatic hydroxyl groups is 1. The van der Waals surface area contributed by atoms with E-state index in [0.717, 1.165) is 31.8 Å². The number of fused-ring (bicyclic) bond motifs is 4. The van der Waals surface area contributed by atoms with E-state index in [1.54, 1.807) is 24.4 Å². The number of halogens is 1. The van der Waals surface area contributed by atoms with Crippen LogP contribution < -0.4 is 15.4 Å². The summed E-state index contributed by atoms with van der Waals surface area (Å²) in [4.78, 5) is 12.1. The first-order valence-electron chi connectivity index (χ1n) is 11.9. The van der Waals surface area contributed by atoms with E-state index in [4.69, 9.17) is 15.5 Å². The molecule has 2 aromatic heterocycles. The van der Waals surface area contributed by atoms with Crippen LogP contribution >= 0.6 is 0 Å². The molecule has 0 amide bonds. The molecule has 1 saturated carbocycles. The van der Waals surface area contributed by atoms with Gasteiger partial charge in [-0.05, 0) is 55.0 Å². The van der Waals surface area contributed by atoms with Crippen LogP contribution in [0.2, 0.25) is 0 Å². The van der Waals surface area contributed by atoms with Crippen molar-refractivity contribution in [1.29, 1.82) is 5.26 Å². The van der Waals surface area contributed by atoms with Crippen LogP contribution in [0.25, 0.3) is 28.0 Å². The first kappa shape index (κ1) is 22.3. The number of benzene rings is 2. The van der Waals surface area contributed by atoms with Gasteiger partial charge in [-0.2, -0.15) is 5.26 Å².